The lowest BCUT2D eigenvalue weighted by molar-refractivity contribution is 0.177. The van der Waals surface area contributed by atoms with E-state index in [-0.39, 0.29) is 18.5 Å². The molecule has 1 aliphatic carbocycles. The molecule has 0 aromatic carbocycles. The zero-order valence-electron chi connectivity index (χ0n) is 14.5. The van der Waals surface area contributed by atoms with Gasteiger partial charge in [-0.2, -0.15) is 9.97 Å². The number of aromatic nitrogens is 3. The van der Waals surface area contributed by atoms with Gasteiger partial charge in [-0.25, -0.2) is 5.84 Å². The SMILES string of the molecule is CC(Nc1nc(N/C(N)=C/N(N)C(C)CO)nc2[nH]ccc12)C1CC1. The van der Waals surface area contributed by atoms with Crippen LogP contribution in [0.3, 0.4) is 0 Å². The third kappa shape index (κ3) is 4.12. The van der Waals surface area contributed by atoms with E-state index in [4.69, 9.17) is 16.7 Å². The van der Waals surface area contributed by atoms with Gasteiger partial charge < -0.3 is 31.5 Å². The second-order valence-electron chi connectivity index (χ2n) is 6.59. The predicted octanol–water partition coefficient (Wildman–Crippen LogP) is 0.894. The van der Waals surface area contributed by atoms with Gasteiger partial charge in [0, 0.05) is 12.2 Å². The second-order valence-corrected chi connectivity index (χ2v) is 6.59. The van der Waals surface area contributed by atoms with Crippen molar-refractivity contribution in [2.24, 2.45) is 17.5 Å². The molecule has 9 heteroatoms. The maximum Gasteiger partial charge on any atom is 0.232 e. The number of hydrogen-bond donors (Lipinski definition) is 6. The topological polar surface area (TPSA) is 141 Å². The van der Waals surface area contributed by atoms with Crippen LogP contribution in [0.25, 0.3) is 11.0 Å². The van der Waals surface area contributed by atoms with Gasteiger partial charge in [0.05, 0.1) is 24.2 Å². The minimum absolute atomic E-state index is 0.0711. The number of nitrogens with zero attached hydrogens (tertiary/aromatic N) is 3. The molecule has 136 valence electrons. The Balaban J connectivity index is 1.80. The van der Waals surface area contributed by atoms with Crippen LogP contribution in [-0.2, 0) is 0 Å². The number of H-pyrrole nitrogens is 1. The Morgan fingerprint density at radius 3 is 2.92 bits per heavy atom. The van der Waals surface area contributed by atoms with Crippen LogP contribution in [0.1, 0.15) is 26.7 Å². The largest absolute Gasteiger partial charge is 0.394 e. The molecule has 0 aliphatic heterocycles. The van der Waals surface area contributed by atoms with Crippen LogP contribution in [0, 0.1) is 5.92 Å². The highest BCUT2D eigenvalue weighted by Gasteiger charge is 2.28. The van der Waals surface area contributed by atoms with Crippen molar-refractivity contribution in [1.82, 2.24) is 20.0 Å². The van der Waals surface area contributed by atoms with Crippen LogP contribution >= 0.6 is 0 Å². The molecule has 0 bridgehead atoms. The highest BCUT2D eigenvalue weighted by Crippen LogP contribution is 2.34. The highest BCUT2D eigenvalue weighted by atomic mass is 16.3. The molecular formula is C16H26N8O. The Morgan fingerprint density at radius 1 is 1.48 bits per heavy atom. The number of anilines is 2. The molecule has 0 amide bonds. The number of nitrogens with two attached hydrogens (primary N) is 2. The number of fused-ring (bicyclic) bond motifs is 1. The number of rotatable bonds is 8. The van der Waals surface area contributed by atoms with Gasteiger partial charge in [0.15, 0.2) is 0 Å². The fourth-order valence-corrected chi connectivity index (χ4v) is 2.58. The van der Waals surface area contributed by atoms with Crippen molar-refractivity contribution in [3.05, 3.63) is 24.3 Å². The number of aromatic amines is 1. The molecule has 1 aliphatic rings. The van der Waals surface area contributed by atoms with E-state index in [1.165, 1.54) is 24.1 Å². The van der Waals surface area contributed by atoms with E-state index in [1.54, 1.807) is 6.92 Å². The molecule has 1 fully saturated rings. The predicted molar refractivity (Wildman–Crippen MR) is 98.2 cm³/mol. The molecule has 0 spiro atoms. The van der Waals surface area contributed by atoms with Gasteiger partial charge in [-0.3, -0.25) is 0 Å². The lowest BCUT2D eigenvalue weighted by Crippen LogP contribution is -2.38. The number of aliphatic hydroxyl groups excluding tert-OH is 1. The second kappa shape index (κ2) is 7.16. The number of nitrogens with one attached hydrogen (secondary N) is 3. The van der Waals surface area contributed by atoms with Crippen LogP contribution in [-0.4, -0.2) is 43.8 Å². The standard InChI is InChI=1S/C16H26N8O/c1-9(8-25)24(18)7-13(17)21-16-22-14-12(5-6-19-14)15(23-16)20-10(2)11-3-4-11/h5-7,9-11,25H,3-4,8,17-18H2,1-2H3,(H3,19,20,21,22,23)/b13-7+. The first-order valence-corrected chi connectivity index (χ1v) is 8.47. The zero-order valence-corrected chi connectivity index (χ0v) is 14.5. The number of hydrogen-bond acceptors (Lipinski definition) is 8. The van der Waals surface area contributed by atoms with E-state index in [2.05, 4.69) is 32.5 Å². The summed E-state index contributed by atoms with van der Waals surface area (Å²) >= 11 is 0. The van der Waals surface area contributed by atoms with Gasteiger partial charge in [0.2, 0.25) is 5.95 Å². The summed E-state index contributed by atoms with van der Waals surface area (Å²) in [5.41, 5.74) is 6.69. The fourth-order valence-electron chi connectivity index (χ4n) is 2.58. The van der Waals surface area contributed by atoms with Crippen LogP contribution in [0.5, 0.6) is 0 Å². The maximum atomic E-state index is 9.12. The van der Waals surface area contributed by atoms with Crippen LogP contribution < -0.4 is 22.2 Å². The summed E-state index contributed by atoms with van der Waals surface area (Å²) in [5.74, 6) is 7.95. The Hall–Kier alpha value is -2.52. The summed E-state index contributed by atoms with van der Waals surface area (Å²) in [6, 6.07) is 2.06. The van der Waals surface area contributed by atoms with E-state index < -0.39 is 0 Å². The van der Waals surface area contributed by atoms with Crippen molar-refractivity contribution in [2.45, 2.75) is 38.8 Å². The van der Waals surface area contributed by atoms with E-state index in [1.807, 2.05) is 12.3 Å². The lowest BCUT2D eigenvalue weighted by Gasteiger charge is -2.21. The first-order chi connectivity index (χ1) is 12.0. The Labute approximate surface area is 146 Å². The first kappa shape index (κ1) is 17.3. The van der Waals surface area contributed by atoms with Crippen LogP contribution in [0.4, 0.5) is 11.8 Å². The van der Waals surface area contributed by atoms with E-state index in [9.17, 15) is 0 Å². The average molecular weight is 346 g/mol. The maximum absolute atomic E-state index is 9.12. The number of hydrazine groups is 1. The van der Waals surface area contributed by atoms with Crippen molar-refractivity contribution in [1.29, 1.82) is 0 Å². The van der Waals surface area contributed by atoms with Gasteiger partial charge >= 0.3 is 0 Å². The van der Waals surface area contributed by atoms with Crippen molar-refractivity contribution in [3.63, 3.8) is 0 Å². The molecule has 3 rings (SSSR count). The Bertz CT molecular complexity index is 754. The van der Waals surface area contributed by atoms with Crippen molar-refractivity contribution < 1.29 is 5.11 Å². The summed E-state index contributed by atoms with van der Waals surface area (Å²) < 4.78 is 0. The van der Waals surface area contributed by atoms with E-state index >= 15 is 0 Å². The van der Waals surface area contributed by atoms with Gasteiger partial charge in [-0.05, 0) is 38.7 Å². The van der Waals surface area contributed by atoms with Crippen molar-refractivity contribution in [2.75, 3.05) is 17.2 Å². The van der Waals surface area contributed by atoms with Crippen LogP contribution in [0.15, 0.2) is 24.3 Å². The molecule has 2 atom stereocenters. The fraction of sp³-hybridized carbons (Fsp3) is 0.500. The molecule has 2 unspecified atom stereocenters. The summed E-state index contributed by atoms with van der Waals surface area (Å²) in [6.07, 6.45) is 5.85. The Morgan fingerprint density at radius 2 is 2.24 bits per heavy atom. The minimum atomic E-state index is -0.247. The van der Waals surface area contributed by atoms with E-state index in [0.717, 1.165) is 16.9 Å². The third-order valence-electron chi connectivity index (χ3n) is 4.43. The first-order valence-electron chi connectivity index (χ1n) is 8.47. The highest BCUT2D eigenvalue weighted by molar-refractivity contribution is 5.88. The lowest BCUT2D eigenvalue weighted by atomic mass is 10.2. The summed E-state index contributed by atoms with van der Waals surface area (Å²) in [5, 5.41) is 17.8. The minimum Gasteiger partial charge on any atom is -0.394 e. The van der Waals surface area contributed by atoms with Crippen molar-refractivity contribution in [3.8, 4) is 0 Å². The third-order valence-corrected chi connectivity index (χ3v) is 4.43. The molecule has 8 N–H and O–H groups in total. The van der Waals surface area contributed by atoms with Gasteiger partial charge in [-0.1, -0.05) is 0 Å². The normalized spacial score (nSPS) is 17.4. The smallest absolute Gasteiger partial charge is 0.232 e. The Kier molecular flexibility index (Phi) is 4.95. The summed E-state index contributed by atoms with van der Waals surface area (Å²) in [6.45, 7) is 3.88. The molecule has 0 radical (unpaired) electrons. The van der Waals surface area contributed by atoms with Crippen molar-refractivity contribution >= 4 is 22.8 Å². The van der Waals surface area contributed by atoms with E-state index in [0.29, 0.717) is 17.9 Å². The molecule has 2 aromatic rings. The molecule has 0 saturated heterocycles. The summed E-state index contributed by atoms with van der Waals surface area (Å²) in [4.78, 5) is 12.1. The molecule has 2 heterocycles. The zero-order chi connectivity index (χ0) is 18.0. The molecule has 9 nitrogen and oxygen atoms in total. The monoisotopic (exact) mass is 346 g/mol. The quantitative estimate of drug-likeness (QED) is 0.306. The van der Waals surface area contributed by atoms with Gasteiger partial charge in [0.1, 0.15) is 17.3 Å². The van der Waals surface area contributed by atoms with Gasteiger partial charge in [-0.15, -0.1) is 0 Å². The molecule has 1 saturated carbocycles. The number of aliphatic hydroxyl groups is 1. The van der Waals surface area contributed by atoms with Crippen LogP contribution in [0.2, 0.25) is 0 Å². The molecular weight excluding hydrogens is 320 g/mol. The summed E-state index contributed by atoms with van der Waals surface area (Å²) in [7, 11) is 0. The molecule has 25 heavy (non-hydrogen) atoms. The molecule has 2 aromatic heterocycles. The average Bonchev–Trinajstić information content (AvgIpc) is 3.32. The van der Waals surface area contributed by atoms with Gasteiger partial charge in [0.25, 0.3) is 0 Å².